The second-order valence-corrected chi connectivity index (χ2v) is 20.2. The molecule has 1 atom stereocenters. The molecule has 0 aliphatic rings. The number of carbonyl (C=O) groups excluding carboxylic acids is 3. The number of unbranched alkanes of at least 4 members (excludes halogenated alkanes) is 14. The minimum absolute atomic E-state index is 0.121. The quantitative estimate of drug-likeness (QED) is 0.0261. The average Bonchev–Trinajstić information content (AvgIpc) is 3.46. The Morgan fingerprint density at radius 1 is 0.263 bits per heavy atom. The summed E-state index contributed by atoms with van der Waals surface area (Å²) in [5, 5.41) is 0. The van der Waals surface area contributed by atoms with Crippen LogP contribution in [0.5, 0.6) is 0 Å². The molecule has 0 amide bonds. The van der Waals surface area contributed by atoms with Crippen LogP contribution < -0.4 is 0 Å². The molecule has 0 saturated carbocycles. The Bertz CT molecular complexity index is 1890. The van der Waals surface area contributed by atoms with Crippen LogP contribution in [0.3, 0.4) is 0 Å². The number of hydrogen-bond donors (Lipinski definition) is 0. The van der Waals surface area contributed by atoms with Crippen molar-refractivity contribution in [2.75, 3.05) is 13.2 Å². The smallest absolute Gasteiger partial charge is 0.306 e. The highest BCUT2D eigenvalue weighted by molar-refractivity contribution is 5.71. The van der Waals surface area contributed by atoms with Crippen molar-refractivity contribution < 1.29 is 28.6 Å². The Balaban J connectivity index is 4.39. The third-order valence-electron chi connectivity index (χ3n) is 12.7. The van der Waals surface area contributed by atoms with E-state index >= 15 is 0 Å². The third kappa shape index (κ3) is 63.3. The van der Waals surface area contributed by atoms with Gasteiger partial charge in [0.1, 0.15) is 13.2 Å². The van der Waals surface area contributed by atoms with Crippen LogP contribution in [-0.4, -0.2) is 37.2 Å². The highest BCUT2D eigenvalue weighted by Gasteiger charge is 2.19. The molecule has 0 bridgehead atoms. The minimum atomic E-state index is -0.835. The van der Waals surface area contributed by atoms with Crippen molar-refractivity contribution in [3.63, 3.8) is 0 Å². The molecule has 0 aliphatic heterocycles. The van der Waals surface area contributed by atoms with Gasteiger partial charge in [0, 0.05) is 19.3 Å². The molecule has 0 aromatic rings. The Labute approximate surface area is 491 Å². The minimum Gasteiger partial charge on any atom is -0.462 e. The van der Waals surface area contributed by atoms with Gasteiger partial charge in [-0.1, -0.05) is 280 Å². The summed E-state index contributed by atoms with van der Waals surface area (Å²) in [6, 6.07) is 0. The van der Waals surface area contributed by atoms with Crippen molar-refractivity contribution in [1.29, 1.82) is 0 Å². The Morgan fingerprint density at radius 3 is 0.812 bits per heavy atom. The first-order valence-corrected chi connectivity index (χ1v) is 31.8. The maximum atomic E-state index is 12.8. The van der Waals surface area contributed by atoms with Crippen molar-refractivity contribution in [2.24, 2.45) is 0 Å². The third-order valence-corrected chi connectivity index (χ3v) is 12.7. The van der Waals surface area contributed by atoms with E-state index in [9.17, 15) is 14.4 Å². The van der Waals surface area contributed by atoms with E-state index in [0.29, 0.717) is 19.3 Å². The SMILES string of the molecule is CC/C=C\C/C=C\C/C=C\C/C=C\C/C=C\C/C=C\C/C=C\C/C=C\C/C=C\CCCCCCCC(=O)OCC(COC(=O)CCCCCCCCCCCC)OC(=O)CC/C=C\C/C=C\C/C=C\C/C=C\C/C=C\C/C=C\CC. The van der Waals surface area contributed by atoms with Crippen LogP contribution in [0.25, 0.3) is 0 Å². The summed E-state index contributed by atoms with van der Waals surface area (Å²) in [6.45, 7) is 6.30. The molecule has 0 aromatic carbocycles. The van der Waals surface area contributed by atoms with E-state index in [-0.39, 0.29) is 31.6 Å². The zero-order valence-corrected chi connectivity index (χ0v) is 51.0. The lowest BCUT2D eigenvalue weighted by atomic mass is 10.1. The molecular formula is C74H114O6. The van der Waals surface area contributed by atoms with Crippen LogP contribution in [-0.2, 0) is 28.6 Å². The fourth-order valence-electron chi connectivity index (χ4n) is 7.99. The van der Waals surface area contributed by atoms with Crippen LogP contribution in [0.1, 0.15) is 245 Å². The summed E-state index contributed by atoms with van der Waals surface area (Å²) in [5.41, 5.74) is 0. The van der Waals surface area contributed by atoms with Gasteiger partial charge in [-0.25, -0.2) is 0 Å². The lowest BCUT2D eigenvalue weighted by molar-refractivity contribution is -0.166. The molecule has 0 rings (SSSR count). The van der Waals surface area contributed by atoms with Crippen molar-refractivity contribution in [3.8, 4) is 0 Å². The molecular weight excluding hydrogens is 985 g/mol. The van der Waals surface area contributed by atoms with E-state index in [0.717, 1.165) is 154 Å². The van der Waals surface area contributed by atoms with Crippen LogP contribution in [0.15, 0.2) is 182 Å². The molecule has 6 nitrogen and oxygen atoms in total. The molecule has 0 aliphatic carbocycles. The van der Waals surface area contributed by atoms with Gasteiger partial charge in [-0.05, 0) is 128 Å². The van der Waals surface area contributed by atoms with Gasteiger partial charge in [0.2, 0.25) is 0 Å². The maximum absolute atomic E-state index is 12.8. The van der Waals surface area contributed by atoms with Gasteiger partial charge >= 0.3 is 17.9 Å². The number of hydrogen-bond acceptors (Lipinski definition) is 6. The van der Waals surface area contributed by atoms with E-state index in [1.165, 1.54) is 44.9 Å². The molecule has 1 unspecified atom stereocenters. The van der Waals surface area contributed by atoms with Crippen molar-refractivity contribution >= 4 is 17.9 Å². The van der Waals surface area contributed by atoms with Gasteiger partial charge in [0.05, 0.1) is 0 Å². The predicted molar refractivity (Wildman–Crippen MR) is 348 cm³/mol. The van der Waals surface area contributed by atoms with Crippen LogP contribution in [0, 0.1) is 0 Å². The summed E-state index contributed by atoms with van der Waals surface area (Å²) < 4.78 is 16.8. The second-order valence-electron chi connectivity index (χ2n) is 20.2. The Hall–Kier alpha value is -5.49. The molecule has 0 radical (unpaired) electrons. The first kappa shape index (κ1) is 74.5. The van der Waals surface area contributed by atoms with Gasteiger partial charge in [-0.2, -0.15) is 0 Å². The van der Waals surface area contributed by atoms with E-state index in [1.54, 1.807) is 0 Å². The highest BCUT2D eigenvalue weighted by atomic mass is 16.6. The van der Waals surface area contributed by atoms with Gasteiger partial charge in [0.25, 0.3) is 0 Å². The molecule has 80 heavy (non-hydrogen) atoms. The lowest BCUT2D eigenvalue weighted by Gasteiger charge is -2.18. The predicted octanol–water partition coefficient (Wildman–Crippen LogP) is 22.0. The standard InChI is InChI=1S/C74H114O6/c1-4-7-10-13-16-19-22-24-26-28-30-31-32-33-34-35-36-37-38-39-40-41-42-43-45-46-48-50-52-55-58-61-64-67-73(76)79-70-71(69-78-72(75)66-63-60-57-54-21-18-15-12-9-6-3)80-74(77)68-65-62-59-56-53-51-49-47-44-29-27-25-23-20-17-14-11-8-5-2/h7-8,10-11,16-17,19-20,24-27,30-31,33-34,36-37,39-40,42-44,46-48,51,53,59,62,71H,4-6,9,12-15,18,21-23,28-29,32,35,38,41,45,49-50,52,54-58,60-61,63-70H2,1-3H3/b10-7-,11-8-,19-16-,20-17-,26-24-,27-25-,31-30-,34-33-,37-36-,40-39-,43-42-,47-44-,48-46-,53-51-,62-59-. The van der Waals surface area contributed by atoms with Crippen LogP contribution in [0.2, 0.25) is 0 Å². The number of esters is 3. The van der Waals surface area contributed by atoms with E-state index < -0.39 is 12.1 Å². The molecule has 0 heterocycles. The van der Waals surface area contributed by atoms with Gasteiger partial charge in [0.15, 0.2) is 6.10 Å². The lowest BCUT2D eigenvalue weighted by Crippen LogP contribution is -2.30. The summed E-state index contributed by atoms with van der Waals surface area (Å²) in [4.78, 5) is 38.1. The number of rotatable bonds is 55. The molecule has 0 spiro atoms. The fraction of sp³-hybridized carbons (Fsp3) is 0.554. The van der Waals surface area contributed by atoms with E-state index in [2.05, 4.69) is 191 Å². The van der Waals surface area contributed by atoms with Gasteiger partial charge in [-0.15, -0.1) is 0 Å². The Kier molecular flexibility index (Phi) is 61.5. The van der Waals surface area contributed by atoms with Crippen molar-refractivity contribution in [2.45, 2.75) is 252 Å². The summed E-state index contributed by atoms with van der Waals surface area (Å²) in [5.74, 6) is -1.04. The first-order chi connectivity index (χ1) is 39.5. The normalized spacial score (nSPS) is 13.4. The van der Waals surface area contributed by atoms with Crippen LogP contribution >= 0.6 is 0 Å². The second kappa shape index (κ2) is 66.0. The van der Waals surface area contributed by atoms with Crippen molar-refractivity contribution in [3.05, 3.63) is 182 Å². The molecule has 0 fully saturated rings. The zero-order valence-electron chi connectivity index (χ0n) is 51.0. The summed E-state index contributed by atoms with van der Waals surface area (Å²) >= 11 is 0. The monoisotopic (exact) mass is 1100 g/mol. The number of ether oxygens (including phenoxy) is 3. The molecule has 0 saturated heterocycles. The summed E-state index contributed by atoms with van der Waals surface area (Å²) in [7, 11) is 0. The zero-order chi connectivity index (χ0) is 57.8. The van der Waals surface area contributed by atoms with E-state index in [4.69, 9.17) is 14.2 Å². The molecule has 0 aromatic heterocycles. The number of allylic oxidation sites excluding steroid dienone is 30. The molecule has 446 valence electrons. The maximum Gasteiger partial charge on any atom is 0.306 e. The first-order valence-electron chi connectivity index (χ1n) is 31.8. The summed E-state index contributed by atoms with van der Waals surface area (Å²) in [6.07, 6.45) is 99.1. The average molecular weight is 1100 g/mol. The van der Waals surface area contributed by atoms with Gasteiger partial charge in [-0.3, -0.25) is 14.4 Å². The topological polar surface area (TPSA) is 78.9 Å². The fourth-order valence-corrected chi connectivity index (χ4v) is 7.99. The molecule has 0 N–H and O–H groups in total. The van der Waals surface area contributed by atoms with Crippen LogP contribution in [0.4, 0.5) is 0 Å². The van der Waals surface area contributed by atoms with Gasteiger partial charge < -0.3 is 14.2 Å². The Morgan fingerprint density at radius 2 is 0.512 bits per heavy atom. The number of carbonyl (C=O) groups is 3. The van der Waals surface area contributed by atoms with E-state index in [1.807, 2.05) is 12.2 Å². The largest absolute Gasteiger partial charge is 0.462 e. The molecule has 6 heteroatoms. The van der Waals surface area contributed by atoms with Crippen molar-refractivity contribution in [1.82, 2.24) is 0 Å². The highest BCUT2D eigenvalue weighted by Crippen LogP contribution is 2.13.